The van der Waals surface area contributed by atoms with E-state index in [1.165, 1.54) is 16.7 Å². The van der Waals surface area contributed by atoms with Crippen molar-refractivity contribution in [1.82, 2.24) is 0 Å². The lowest BCUT2D eigenvalue weighted by Crippen LogP contribution is -2.42. The number of nitrogens with two attached hydrogens (primary N) is 1. The summed E-state index contributed by atoms with van der Waals surface area (Å²) in [6.45, 7) is 9.30. The number of fused-ring (bicyclic) bond motifs is 1. The first-order valence-corrected chi connectivity index (χ1v) is 14.4. The summed E-state index contributed by atoms with van der Waals surface area (Å²) in [6.07, 6.45) is 17.1. The van der Waals surface area contributed by atoms with Crippen molar-refractivity contribution < 1.29 is 14.1 Å². The standard InChI is InChI=1S/C36H44N2O2/c1-28(2)11-9-13-30(4)15-10-14-29(3)12-7-8-26-40-36(39)27-38-34(24-20-31-18-22-33(37)23-19-31)25-21-32-16-5-6-17-35(32)38/h5-6,11-12,15-25,37H,7-10,13-14,26-27H2,1-4H3/p+1/b29-12+,30-15+. The molecule has 2 N–H and O–H groups in total. The summed E-state index contributed by atoms with van der Waals surface area (Å²) in [5.74, 6) is -0.224. The number of nitrogens with zero attached hydrogens (tertiary/aromatic N) is 1. The van der Waals surface area contributed by atoms with E-state index in [0.29, 0.717) is 6.61 Å². The second-order valence-electron chi connectivity index (χ2n) is 10.7. The molecule has 40 heavy (non-hydrogen) atoms. The molecular formula is C36H45N2O2+. The van der Waals surface area contributed by atoms with Gasteiger partial charge in [0.25, 0.3) is 0 Å². The molecule has 0 radical (unpaired) electrons. The molecule has 0 aliphatic heterocycles. The van der Waals surface area contributed by atoms with Crippen LogP contribution < -0.4 is 10.3 Å². The molecule has 0 saturated heterocycles. The highest BCUT2D eigenvalue weighted by Crippen LogP contribution is 2.15. The van der Waals surface area contributed by atoms with Gasteiger partial charge in [0.15, 0.2) is 0 Å². The second-order valence-corrected chi connectivity index (χ2v) is 10.7. The van der Waals surface area contributed by atoms with Gasteiger partial charge in [-0.25, -0.2) is 4.79 Å². The number of carbonyl (C=O) groups is 1. The van der Waals surface area contributed by atoms with Gasteiger partial charge in [-0.1, -0.05) is 59.2 Å². The maximum atomic E-state index is 12.8. The number of hydrogen-bond acceptors (Lipinski definition) is 3. The molecule has 0 amide bonds. The number of carbonyl (C=O) groups excluding carboxylic acids is 1. The van der Waals surface area contributed by atoms with Gasteiger partial charge in [-0.2, -0.15) is 4.57 Å². The van der Waals surface area contributed by atoms with Gasteiger partial charge >= 0.3 is 5.97 Å². The minimum atomic E-state index is -0.224. The molecule has 0 spiro atoms. The third kappa shape index (κ3) is 10.7. The second kappa shape index (κ2) is 16.2. The van der Waals surface area contributed by atoms with Gasteiger partial charge in [0.2, 0.25) is 17.8 Å². The first-order valence-electron chi connectivity index (χ1n) is 14.4. The maximum Gasteiger partial charge on any atom is 0.372 e. The van der Waals surface area contributed by atoms with Gasteiger partial charge in [-0.15, -0.1) is 0 Å². The van der Waals surface area contributed by atoms with Gasteiger partial charge in [0.05, 0.1) is 6.61 Å². The van der Waals surface area contributed by atoms with E-state index in [4.69, 9.17) is 10.5 Å². The lowest BCUT2D eigenvalue weighted by Gasteiger charge is -2.06. The van der Waals surface area contributed by atoms with Gasteiger partial charge < -0.3 is 10.5 Å². The van der Waals surface area contributed by atoms with Crippen LogP contribution in [0.3, 0.4) is 0 Å². The molecule has 2 aromatic carbocycles. The third-order valence-corrected chi connectivity index (χ3v) is 6.87. The highest BCUT2D eigenvalue weighted by molar-refractivity contribution is 5.78. The number of anilines is 1. The van der Waals surface area contributed by atoms with Crippen LogP contribution >= 0.6 is 0 Å². The van der Waals surface area contributed by atoms with Crippen LogP contribution in [0.25, 0.3) is 23.1 Å². The average molecular weight is 538 g/mol. The number of allylic oxidation sites excluding steroid dienone is 6. The van der Waals surface area contributed by atoms with Crippen molar-refractivity contribution in [3.63, 3.8) is 0 Å². The maximum absolute atomic E-state index is 12.8. The third-order valence-electron chi connectivity index (χ3n) is 6.87. The van der Waals surface area contributed by atoms with Crippen LogP contribution in [0.2, 0.25) is 0 Å². The van der Waals surface area contributed by atoms with E-state index in [1.807, 2.05) is 65.3 Å². The molecule has 4 nitrogen and oxygen atoms in total. The zero-order valence-electron chi connectivity index (χ0n) is 24.7. The molecule has 210 valence electrons. The van der Waals surface area contributed by atoms with E-state index in [-0.39, 0.29) is 12.5 Å². The molecule has 0 atom stereocenters. The van der Waals surface area contributed by atoms with Crippen molar-refractivity contribution in [3.8, 4) is 0 Å². The minimum Gasteiger partial charge on any atom is -0.461 e. The van der Waals surface area contributed by atoms with E-state index in [0.717, 1.165) is 66.4 Å². The van der Waals surface area contributed by atoms with Gasteiger partial charge in [-0.05, 0) is 102 Å². The molecule has 0 aliphatic carbocycles. The van der Waals surface area contributed by atoms with E-state index in [1.54, 1.807) is 0 Å². The largest absolute Gasteiger partial charge is 0.461 e. The summed E-state index contributed by atoms with van der Waals surface area (Å²) in [6, 6.07) is 19.9. The van der Waals surface area contributed by atoms with E-state index >= 15 is 0 Å². The summed E-state index contributed by atoms with van der Waals surface area (Å²) >= 11 is 0. The quantitative estimate of drug-likeness (QED) is 0.0736. The Labute approximate surface area is 240 Å². The highest BCUT2D eigenvalue weighted by Gasteiger charge is 2.18. The molecular weight excluding hydrogens is 492 g/mol. The Morgan fingerprint density at radius 2 is 1.48 bits per heavy atom. The topological polar surface area (TPSA) is 56.2 Å². The van der Waals surface area contributed by atoms with Gasteiger partial charge in [0, 0.05) is 29.3 Å². The summed E-state index contributed by atoms with van der Waals surface area (Å²) in [7, 11) is 0. The van der Waals surface area contributed by atoms with E-state index in [9.17, 15) is 4.79 Å². The number of benzene rings is 2. The van der Waals surface area contributed by atoms with Crippen LogP contribution in [-0.2, 0) is 16.1 Å². The molecule has 1 aromatic heterocycles. The molecule has 3 aromatic rings. The molecule has 0 saturated carbocycles. The number of pyridine rings is 1. The predicted molar refractivity (Wildman–Crippen MR) is 170 cm³/mol. The van der Waals surface area contributed by atoms with Crippen LogP contribution in [0.4, 0.5) is 5.69 Å². The first kappa shape index (κ1) is 30.6. The SMILES string of the molecule is CC(C)=CCC/C(C)=C/CC/C(C)=C/CCCOC(=O)C[n+]1c(/C=C/c2ccc(N)cc2)ccc2ccccc21. The smallest absolute Gasteiger partial charge is 0.372 e. The Morgan fingerprint density at radius 1 is 0.800 bits per heavy atom. The molecule has 3 rings (SSSR count). The molecule has 0 unspecified atom stereocenters. The predicted octanol–water partition coefficient (Wildman–Crippen LogP) is 8.62. The number of aromatic nitrogens is 1. The van der Waals surface area contributed by atoms with Crippen molar-refractivity contribution in [2.45, 2.75) is 72.8 Å². The van der Waals surface area contributed by atoms with Gasteiger partial charge in [-0.3, -0.25) is 0 Å². The van der Waals surface area contributed by atoms with Crippen LogP contribution in [0.15, 0.2) is 95.6 Å². The number of rotatable bonds is 14. The Balaban J connectivity index is 1.50. The number of nitrogen functional groups attached to an aromatic ring is 1. The number of esters is 1. The molecule has 4 heteroatoms. The van der Waals surface area contributed by atoms with Crippen molar-refractivity contribution in [3.05, 3.63) is 107 Å². The van der Waals surface area contributed by atoms with Crippen LogP contribution in [-0.4, -0.2) is 12.6 Å². The zero-order chi connectivity index (χ0) is 28.7. The lowest BCUT2D eigenvalue weighted by atomic mass is 10.1. The molecule has 0 fully saturated rings. The minimum absolute atomic E-state index is 0.164. The molecule has 1 heterocycles. The van der Waals surface area contributed by atoms with Crippen molar-refractivity contribution in [2.75, 3.05) is 12.3 Å². The van der Waals surface area contributed by atoms with Crippen molar-refractivity contribution >= 4 is 34.7 Å². The normalized spacial score (nSPS) is 12.2. The number of para-hydroxylation sites is 1. The summed E-state index contributed by atoms with van der Waals surface area (Å²) in [4.78, 5) is 12.8. The average Bonchev–Trinajstić information content (AvgIpc) is 2.93. The Hall–Kier alpha value is -3.92. The summed E-state index contributed by atoms with van der Waals surface area (Å²) < 4.78 is 7.65. The fourth-order valence-corrected chi connectivity index (χ4v) is 4.52. The fraction of sp³-hybridized carbons (Fsp3) is 0.333. The summed E-state index contributed by atoms with van der Waals surface area (Å²) in [5, 5.41) is 1.08. The Kier molecular flexibility index (Phi) is 12.4. The number of unbranched alkanes of at least 4 members (excludes halogenated alkanes) is 1. The zero-order valence-corrected chi connectivity index (χ0v) is 24.7. The molecule has 0 bridgehead atoms. The van der Waals surface area contributed by atoms with Crippen molar-refractivity contribution in [2.24, 2.45) is 0 Å². The van der Waals surface area contributed by atoms with Crippen LogP contribution in [0, 0.1) is 0 Å². The fourth-order valence-electron chi connectivity index (χ4n) is 4.52. The summed E-state index contributed by atoms with van der Waals surface area (Å²) in [5.41, 5.74) is 13.8. The van der Waals surface area contributed by atoms with Crippen LogP contribution in [0.5, 0.6) is 0 Å². The van der Waals surface area contributed by atoms with Crippen LogP contribution in [0.1, 0.15) is 77.5 Å². The number of hydrogen-bond donors (Lipinski definition) is 1. The monoisotopic (exact) mass is 537 g/mol. The highest BCUT2D eigenvalue weighted by atomic mass is 16.5. The molecule has 0 aliphatic rings. The van der Waals surface area contributed by atoms with E-state index in [2.05, 4.69) is 58.1 Å². The first-order chi connectivity index (χ1) is 19.3. The Morgan fingerprint density at radius 3 is 2.20 bits per heavy atom. The number of ether oxygens (including phenoxy) is 1. The van der Waals surface area contributed by atoms with Crippen molar-refractivity contribution in [1.29, 1.82) is 0 Å². The van der Waals surface area contributed by atoms with Gasteiger partial charge in [0.1, 0.15) is 0 Å². The van der Waals surface area contributed by atoms with E-state index < -0.39 is 0 Å². The Bertz CT molecular complexity index is 1370. The lowest BCUT2D eigenvalue weighted by molar-refractivity contribution is -0.661.